The van der Waals surface area contributed by atoms with Crippen LogP contribution in [0.2, 0.25) is 0 Å². The number of aldehydes is 1. The fraction of sp³-hybridized carbons (Fsp3) is 0.636. The molecule has 0 aliphatic rings. The van der Waals surface area contributed by atoms with Gasteiger partial charge in [0.1, 0.15) is 25.2 Å². The van der Waals surface area contributed by atoms with Crippen molar-refractivity contribution in [2.45, 2.75) is 0 Å². The molecule has 0 radical (unpaired) electrons. The molecule has 0 aliphatic carbocycles. The van der Waals surface area contributed by atoms with Crippen molar-refractivity contribution in [2.24, 2.45) is 0 Å². The van der Waals surface area contributed by atoms with E-state index in [2.05, 4.69) is 4.74 Å². The van der Waals surface area contributed by atoms with Crippen LogP contribution in [0, 0.1) is 0 Å². The van der Waals surface area contributed by atoms with Crippen LogP contribution in [-0.2, 0) is 38.0 Å². The number of benzene rings is 1. The van der Waals surface area contributed by atoms with Crippen molar-refractivity contribution >= 4 is 12.3 Å². The van der Waals surface area contributed by atoms with Crippen molar-refractivity contribution in [3.05, 3.63) is 29.8 Å². The molecule has 0 spiro atoms. The summed E-state index contributed by atoms with van der Waals surface area (Å²) in [7, 11) is 1.31. The average molecular weight is 459 g/mol. The number of rotatable bonds is 22. The Morgan fingerprint density at radius 2 is 1.06 bits per heavy atom. The molecule has 10 heteroatoms. The molecular weight excluding hydrogens is 424 g/mol. The van der Waals surface area contributed by atoms with Gasteiger partial charge in [0, 0.05) is 5.56 Å². The summed E-state index contributed by atoms with van der Waals surface area (Å²) in [6.07, 6.45) is 0.792. The highest BCUT2D eigenvalue weighted by Gasteiger charge is 1.99. The lowest BCUT2D eigenvalue weighted by atomic mass is 10.2. The zero-order valence-corrected chi connectivity index (χ0v) is 18.7. The molecule has 0 bridgehead atoms. The zero-order chi connectivity index (χ0) is 23.1. The van der Waals surface area contributed by atoms with E-state index in [4.69, 9.17) is 33.2 Å². The first-order valence-electron chi connectivity index (χ1n) is 10.5. The monoisotopic (exact) mass is 458 g/mol. The molecular formula is C22H34O10. The van der Waals surface area contributed by atoms with Crippen LogP contribution in [0.3, 0.4) is 0 Å². The third-order valence-corrected chi connectivity index (χ3v) is 3.82. The van der Waals surface area contributed by atoms with Gasteiger partial charge in [-0.1, -0.05) is 0 Å². The smallest absolute Gasteiger partial charge is 0.331 e. The van der Waals surface area contributed by atoms with Crippen molar-refractivity contribution in [3.8, 4) is 5.75 Å². The summed E-state index contributed by atoms with van der Waals surface area (Å²) in [6, 6.07) is 6.91. The van der Waals surface area contributed by atoms with Gasteiger partial charge in [0.2, 0.25) is 0 Å². The fourth-order valence-corrected chi connectivity index (χ4v) is 2.18. The van der Waals surface area contributed by atoms with Crippen LogP contribution < -0.4 is 4.74 Å². The molecule has 0 aromatic heterocycles. The molecule has 0 heterocycles. The van der Waals surface area contributed by atoms with Gasteiger partial charge in [-0.05, 0) is 24.3 Å². The molecule has 0 amide bonds. The third-order valence-electron chi connectivity index (χ3n) is 3.82. The zero-order valence-electron chi connectivity index (χ0n) is 18.7. The standard InChI is InChI=1S/C22H34O10/c1-25-22(24)19-31-15-14-29-11-10-27-7-6-26-8-9-28-12-13-30-16-17-32-21-4-2-20(18-23)3-5-21/h2-5,18H,6-17,19H2,1H3. The van der Waals surface area contributed by atoms with Gasteiger partial charge in [-0.15, -0.1) is 0 Å². The second-order valence-corrected chi connectivity index (χ2v) is 6.23. The van der Waals surface area contributed by atoms with Crippen LogP contribution in [0.4, 0.5) is 0 Å². The minimum atomic E-state index is -0.408. The molecule has 0 fully saturated rings. The molecule has 0 atom stereocenters. The second-order valence-electron chi connectivity index (χ2n) is 6.23. The van der Waals surface area contributed by atoms with E-state index in [1.54, 1.807) is 24.3 Å². The van der Waals surface area contributed by atoms with E-state index < -0.39 is 5.97 Å². The van der Waals surface area contributed by atoms with Crippen LogP contribution in [0.5, 0.6) is 5.75 Å². The van der Waals surface area contributed by atoms with Gasteiger partial charge in [0.25, 0.3) is 0 Å². The lowest BCUT2D eigenvalue weighted by Crippen LogP contribution is -2.16. The second kappa shape index (κ2) is 20.8. The molecule has 0 unspecified atom stereocenters. The van der Waals surface area contributed by atoms with E-state index >= 15 is 0 Å². The molecule has 1 rings (SSSR count). The van der Waals surface area contributed by atoms with Gasteiger partial charge in [0.05, 0.1) is 79.8 Å². The van der Waals surface area contributed by atoms with Crippen molar-refractivity contribution in [2.75, 3.05) is 93.0 Å². The van der Waals surface area contributed by atoms with E-state index in [0.29, 0.717) is 90.6 Å². The van der Waals surface area contributed by atoms with Gasteiger partial charge < -0.3 is 37.9 Å². The first-order chi connectivity index (χ1) is 15.8. The molecule has 10 nitrogen and oxygen atoms in total. The first kappa shape index (κ1) is 28.0. The van der Waals surface area contributed by atoms with Crippen LogP contribution in [0.1, 0.15) is 10.4 Å². The van der Waals surface area contributed by atoms with Crippen LogP contribution in [-0.4, -0.2) is 105 Å². The predicted octanol–water partition coefficient (Wildman–Crippen LogP) is 1.15. The number of esters is 1. The van der Waals surface area contributed by atoms with Crippen molar-refractivity contribution in [1.82, 2.24) is 0 Å². The normalized spacial score (nSPS) is 10.8. The maximum atomic E-state index is 10.8. The maximum absolute atomic E-state index is 10.8. The third kappa shape index (κ3) is 16.6. The molecule has 0 saturated heterocycles. The Balaban J connectivity index is 1.72. The number of methoxy groups -OCH3 is 1. The Morgan fingerprint density at radius 3 is 1.47 bits per heavy atom. The van der Waals surface area contributed by atoms with E-state index in [0.717, 1.165) is 6.29 Å². The van der Waals surface area contributed by atoms with Crippen LogP contribution in [0.15, 0.2) is 24.3 Å². The largest absolute Gasteiger partial charge is 0.491 e. The highest BCUT2D eigenvalue weighted by Crippen LogP contribution is 2.10. The molecule has 32 heavy (non-hydrogen) atoms. The molecule has 0 saturated carbocycles. The predicted molar refractivity (Wildman–Crippen MR) is 114 cm³/mol. The molecule has 0 aliphatic heterocycles. The SMILES string of the molecule is COC(=O)COCCOCCOCCOCCOCCOCCOc1ccc(C=O)cc1. The molecule has 0 N–H and O–H groups in total. The average Bonchev–Trinajstić information content (AvgIpc) is 2.83. The van der Waals surface area contributed by atoms with Crippen molar-refractivity contribution in [3.63, 3.8) is 0 Å². The van der Waals surface area contributed by atoms with E-state index in [-0.39, 0.29) is 6.61 Å². The van der Waals surface area contributed by atoms with E-state index in [9.17, 15) is 9.59 Å². The Morgan fingerprint density at radius 1 is 0.656 bits per heavy atom. The van der Waals surface area contributed by atoms with Gasteiger partial charge >= 0.3 is 5.97 Å². The Hall–Kier alpha value is -2.08. The molecule has 1 aromatic rings. The highest BCUT2D eigenvalue weighted by molar-refractivity contribution is 5.74. The number of hydrogen-bond donors (Lipinski definition) is 0. The van der Waals surface area contributed by atoms with Crippen LogP contribution >= 0.6 is 0 Å². The number of carbonyl (C=O) groups excluding carboxylic acids is 2. The number of hydrogen-bond acceptors (Lipinski definition) is 10. The Bertz CT molecular complexity index is 579. The Kier molecular flexibility index (Phi) is 18.2. The van der Waals surface area contributed by atoms with Crippen molar-refractivity contribution < 1.29 is 47.5 Å². The Labute approximate surface area is 189 Å². The summed E-state index contributed by atoms with van der Waals surface area (Å²) in [5.74, 6) is 0.292. The summed E-state index contributed by atoms with van der Waals surface area (Å²) in [5, 5.41) is 0. The van der Waals surface area contributed by atoms with Gasteiger partial charge in [-0.3, -0.25) is 4.79 Å². The lowest BCUT2D eigenvalue weighted by Gasteiger charge is -2.09. The van der Waals surface area contributed by atoms with Gasteiger partial charge in [-0.2, -0.15) is 0 Å². The summed E-state index contributed by atoms with van der Waals surface area (Å²) >= 11 is 0. The topological polar surface area (TPSA) is 108 Å². The summed E-state index contributed by atoms with van der Waals surface area (Å²) in [5.41, 5.74) is 0.615. The van der Waals surface area contributed by atoms with Gasteiger partial charge in [-0.25, -0.2) is 4.79 Å². The minimum absolute atomic E-state index is 0.0697. The molecule has 182 valence electrons. The van der Waals surface area contributed by atoms with Gasteiger partial charge in [0.15, 0.2) is 0 Å². The fourth-order valence-electron chi connectivity index (χ4n) is 2.18. The van der Waals surface area contributed by atoms with Crippen molar-refractivity contribution in [1.29, 1.82) is 0 Å². The summed E-state index contributed by atoms with van der Waals surface area (Å²) in [6.45, 7) is 5.32. The first-order valence-corrected chi connectivity index (χ1v) is 10.5. The molecule has 1 aromatic carbocycles. The van der Waals surface area contributed by atoms with E-state index in [1.165, 1.54) is 7.11 Å². The number of carbonyl (C=O) groups is 2. The van der Waals surface area contributed by atoms with Crippen LogP contribution in [0.25, 0.3) is 0 Å². The summed E-state index contributed by atoms with van der Waals surface area (Å²) < 4.78 is 41.9. The number of ether oxygens (including phenoxy) is 8. The van der Waals surface area contributed by atoms with E-state index in [1.807, 2.05) is 0 Å². The lowest BCUT2D eigenvalue weighted by molar-refractivity contribution is -0.146. The highest BCUT2D eigenvalue weighted by atomic mass is 16.6. The maximum Gasteiger partial charge on any atom is 0.331 e. The quantitative estimate of drug-likeness (QED) is 0.143. The minimum Gasteiger partial charge on any atom is -0.491 e. The summed E-state index contributed by atoms with van der Waals surface area (Å²) in [4.78, 5) is 21.4.